The molecule has 2 heterocycles. The number of ether oxygens (including phenoxy) is 1. The summed E-state index contributed by atoms with van der Waals surface area (Å²) in [7, 11) is 0. The van der Waals surface area contributed by atoms with Crippen molar-refractivity contribution in [3.8, 4) is 11.6 Å². The predicted molar refractivity (Wildman–Crippen MR) is 118 cm³/mol. The van der Waals surface area contributed by atoms with Gasteiger partial charge in [0.05, 0.1) is 10.9 Å². The van der Waals surface area contributed by atoms with E-state index in [1.807, 2.05) is 24.3 Å². The number of anilines is 1. The number of rotatable bonds is 6. The van der Waals surface area contributed by atoms with Gasteiger partial charge >= 0.3 is 0 Å². The number of nitrogens with one attached hydrogen (secondary N) is 3. The fourth-order valence-corrected chi connectivity index (χ4v) is 2.98. The molecule has 0 bridgehead atoms. The molecule has 0 atom stereocenters. The van der Waals surface area contributed by atoms with Crippen LogP contribution in [0.2, 0.25) is 0 Å². The zero-order valence-electron chi connectivity index (χ0n) is 17.0. The molecule has 4 aromatic rings. The molecule has 8 nitrogen and oxygen atoms in total. The van der Waals surface area contributed by atoms with Crippen molar-refractivity contribution in [3.05, 3.63) is 88.3 Å². The Labute approximate surface area is 178 Å². The van der Waals surface area contributed by atoms with Crippen molar-refractivity contribution in [1.82, 2.24) is 20.4 Å². The minimum absolute atomic E-state index is 0.132. The molecule has 156 valence electrons. The largest absolute Gasteiger partial charge is 0.439 e. The Bertz CT molecular complexity index is 1280. The summed E-state index contributed by atoms with van der Waals surface area (Å²) in [4.78, 5) is 35.6. The van der Waals surface area contributed by atoms with Crippen LogP contribution in [0.4, 0.5) is 5.95 Å². The predicted octanol–water partition coefficient (Wildman–Crippen LogP) is 3.99. The maximum absolute atomic E-state index is 12.5. The van der Waals surface area contributed by atoms with Gasteiger partial charge in [0.25, 0.3) is 11.5 Å². The lowest BCUT2D eigenvalue weighted by Gasteiger charge is -2.10. The van der Waals surface area contributed by atoms with Crippen LogP contribution in [0.5, 0.6) is 11.6 Å². The number of pyridine rings is 1. The van der Waals surface area contributed by atoms with E-state index in [4.69, 9.17) is 4.74 Å². The summed E-state index contributed by atoms with van der Waals surface area (Å²) in [5.74, 6) is 1.05. The number of aromatic amines is 1. The van der Waals surface area contributed by atoms with Crippen LogP contribution in [-0.4, -0.2) is 20.9 Å². The zero-order valence-corrected chi connectivity index (χ0v) is 17.0. The van der Waals surface area contributed by atoms with Gasteiger partial charge in [-0.3, -0.25) is 25.4 Å². The van der Waals surface area contributed by atoms with Crippen molar-refractivity contribution in [1.29, 1.82) is 0 Å². The van der Waals surface area contributed by atoms with Gasteiger partial charge in [0.1, 0.15) is 5.75 Å². The van der Waals surface area contributed by atoms with Gasteiger partial charge in [0.15, 0.2) is 0 Å². The van der Waals surface area contributed by atoms with E-state index in [2.05, 4.69) is 39.7 Å². The number of carbonyl (C=O) groups is 1. The number of para-hydroxylation sites is 1. The van der Waals surface area contributed by atoms with Crippen molar-refractivity contribution in [3.63, 3.8) is 0 Å². The lowest BCUT2D eigenvalue weighted by molar-refractivity contribution is 0.0961. The fourth-order valence-electron chi connectivity index (χ4n) is 2.98. The standard InChI is InChI=1S/C23H21N5O3/c1-14(2)15-7-9-17(10-8-15)31-20-13-16(11-12-24-20)21(29)27-28-23-25-19-6-4-3-5-18(19)22(30)26-23/h3-14H,1-2H3,(H,27,29)(H2,25,26,28,30). The molecule has 2 aromatic carbocycles. The average Bonchev–Trinajstić information content (AvgIpc) is 2.78. The monoisotopic (exact) mass is 415 g/mol. The first-order chi connectivity index (χ1) is 15.0. The lowest BCUT2D eigenvalue weighted by Crippen LogP contribution is -2.31. The minimum atomic E-state index is -0.432. The van der Waals surface area contributed by atoms with Crippen molar-refractivity contribution in [2.24, 2.45) is 0 Å². The van der Waals surface area contributed by atoms with Gasteiger partial charge in [-0.15, -0.1) is 0 Å². The molecule has 0 aliphatic heterocycles. The number of amides is 1. The number of fused-ring (bicyclic) bond motifs is 1. The van der Waals surface area contributed by atoms with E-state index in [1.54, 1.807) is 30.3 Å². The van der Waals surface area contributed by atoms with Crippen LogP contribution in [0.25, 0.3) is 10.9 Å². The van der Waals surface area contributed by atoms with Crippen LogP contribution >= 0.6 is 0 Å². The summed E-state index contributed by atoms with van der Waals surface area (Å²) >= 11 is 0. The highest BCUT2D eigenvalue weighted by Crippen LogP contribution is 2.23. The van der Waals surface area contributed by atoms with Crippen LogP contribution in [0.15, 0.2) is 71.7 Å². The topological polar surface area (TPSA) is 109 Å². The summed E-state index contributed by atoms with van der Waals surface area (Å²) in [6, 6.07) is 17.8. The van der Waals surface area contributed by atoms with E-state index in [0.29, 0.717) is 34.0 Å². The van der Waals surface area contributed by atoms with Gasteiger partial charge < -0.3 is 4.74 Å². The second kappa shape index (κ2) is 8.66. The molecular formula is C23H21N5O3. The second-order valence-electron chi connectivity index (χ2n) is 7.22. The minimum Gasteiger partial charge on any atom is -0.439 e. The van der Waals surface area contributed by atoms with E-state index in [1.165, 1.54) is 17.8 Å². The second-order valence-corrected chi connectivity index (χ2v) is 7.22. The highest BCUT2D eigenvalue weighted by Gasteiger charge is 2.10. The van der Waals surface area contributed by atoms with E-state index in [-0.39, 0.29) is 11.5 Å². The smallest absolute Gasteiger partial charge is 0.269 e. The molecular weight excluding hydrogens is 394 g/mol. The van der Waals surface area contributed by atoms with Crippen molar-refractivity contribution in [2.75, 3.05) is 5.43 Å². The third-order valence-electron chi connectivity index (χ3n) is 4.67. The summed E-state index contributed by atoms with van der Waals surface area (Å²) in [6.45, 7) is 4.24. The highest BCUT2D eigenvalue weighted by molar-refractivity contribution is 5.95. The summed E-state index contributed by atoms with van der Waals surface area (Å²) in [5, 5.41) is 0.469. The molecule has 4 rings (SSSR count). The fraction of sp³-hybridized carbons (Fsp3) is 0.130. The molecule has 3 N–H and O–H groups in total. The number of carbonyl (C=O) groups excluding carboxylic acids is 1. The van der Waals surface area contributed by atoms with Gasteiger partial charge in [-0.05, 0) is 41.8 Å². The van der Waals surface area contributed by atoms with Crippen LogP contribution in [0.3, 0.4) is 0 Å². The van der Waals surface area contributed by atoms with E-state index < -0.39 is 5.91 Å². The Balaban J connectivity index is 1.44. The number of H-pyrrole nitrogens is 1. The number of hydrogen-bond acceptors (Lipinski definition) is 6. The molecule has 0 saturated carbocycles. The number of aromatic nitrogens is 3. The lowest BCUT2D eigenvalue weighted by atomic mass is 10.0. The van der Waals surface area contributed by atoms with Crippen LogP contribution in [0, 0.1) is 0 Å². The van der Waals surface area contributed by atoms with E-state index in [9.17, 15) is 9.59 Å². The van der Waals surface area contributed by atoms with Crippen LogP contribution in [-0.2, 0) is 0 Å². The third kappa shape index (κ3) is 4.69. The van der Waals surface area contributed by atoms with Crippen molar-refractivity contribution in [2.45, 2.75) is 19.8 Å². The zero-order chi connectivity index (χ0) is 21.8. The molecule has 8 heteroatoms. The molecule has 0 unspecified atom stereocenters. The Morgan fingerprint density at radius 1 is 1.06 bits per heavy atom. The molecule has 1 amide bonds. The Morgan fingerprint density at radius 2 is 1.84 bits per heavy atom. The highest BCUT2D eigenvalue weighted by atomic mass is 16.5. The molecule has 0 spiro atoms. The molecule has 0 radical (unpaired) electrons. The Kier molecular flexibility index (Phi) is 5.61. The number of hydrazine groups is 1. The summed E-state index contributed by atoms with van der Waals surface area (Å²) < 4.78 is 5.76. The molecule has 0 fully saturated rings. The maximum Gasteiger partial charge on any atom is 0.269 e. The number of nitrogens with zero attached hydrogens (tertiary/aromatic N) is 2. The van der Waals surface area contributed by atoms with E-state index >= 15 is 0 Å². The average molecular weight is 415 g/mol. The molecule has 31 heavy (non-hydrogen) atoms. The first-order valence-electron chi connectivity index (χ1n) is 9.79. The van der Waals surface area contributed by atoms with Gasteiger partial charge in [0.2, 0.25) is 11.8 Å². The normalized spacial score (nSPS) is 10.8. The first kappa shape index (κ1) is 20.1. The number of benzene rings is 2. The number of hydrogen-bond donors (Lipinski definition) is 3. The summed E-state index contributed by atoms with van der Waals surface area (Å²) in [5.41, 5.74) is 6.91. The Hall–Kier alpha value is -4.20. The van der Waals surface area contributed by atoms with Gasteiger partial charge in [0, 0.05) is 17.8 Å². The summed E-state index contributed by atoms with van der Waals surface area (Å²) in [6.07, 6.45) is 1.49. The van der Waals surface area contributed by atoms with Gasteiger partial charge in [-0.25, -0.2) is 9.97 Å². The quantitative estimate of drug-likeness (QED) is 0.411. The van der Waals surface area contributed by atoms with Crippen molar-refractivity contribution >= 4 is 22.8 Å². The van der Waals surface area contributed by atoms with Crippen LogP contribution in [0.1, 0.15) is 35.7 Å². The van der Waals surface area contributed by atoms with Crippen molar-refractivity contribution < 1.29 is 9.53 Å². The third-order valence-corrected chi connectivity index (χ3v) is 4.67. The Morgan fingerprint density at radius 3 is 2.61 bits per heavy atom. The van der Waals surface area contributed by atoms with Gasteiger partial charge in [-0.2, -0.15) is 0 Å². The SMILES string of the molecule is CC(C)c1ccc(Oc2cc(C(=O)NNc3nc4ccccc4c(=O)[nH]3)ccn2)cc1. The van der Waals surface area contributed by atoms with E-state index in [0.717, 1.165) is 0 Å². The molecule has 2 aromatic heterocycles. The maximum atomic E-state index is 12.5. The molecule has 0 aliphatic rings. The van der Waals surface area contributed by atoms with Crippen LogP contribution < -0.4 is 21.1 Å². The first-order valence-corrected chi connectivity index (χ1v) is 9.79. The van der Waals surface area contributed by atoms with Gasteiger partial charge in [-0.1, -0.05) is 38.1 Å². The molecule has 0 saturated heterocycles. The molecule has 0 aliphatic carbocycles.